The van der Waals surface area contributed by atoms with Crippen LogP contribution in [0.5, 0.6) is 0 Å². The number of anilines is 2. The molecule has 0 bridgehead atoms. The summed E-state index contributed by atoms with van der Waals surface area (Å²) in [5.41, 5.74) is 6.02. The van der Waals surface area contributed by atoms with Crippen molar-refractivity contribution < 1.29 is 9.90 Å². The first-order valence-corrected chi connectivity index (χ1v) is 6.19. The molecule has 5 heteroatoms. The molecule has 1 aromatic heterocycles. The number of hydrogen-bond acceptors (Lipinski definition) is 4. The van der Waals surface area contributed by atoms with E-state index in [0.717, 1.165) is 12.8 Å². The number of nitrogens with one attached hydrogen (secondary N) is 1. The molecule has 0 aliphatic carbocycles. The van der Waals surface area contributed by atoms with Crippen molar-refractivity contribution in [3.8, 4) is 0 Å². The van der Waals surface area contributed by atoms with Crippen LogP contribution in [0.4, 0.5) is 11.5 Å². The maximum Gasteiger partial charge on any atom is 0.339 e. The summed E-state index contributed by atoms with van der Waals surface area (Å²) < 4.78 is 0. The smallest absolute Gasteiger partial charge is 0.339 e. The molecule has 100 valence electrons. The first-order valence-electron chi connectivity index (χ1n) is 6.19. The predicted molar refractivity (Wildman–Crippen MR) is 72.8 cm³/mol. The summed E-state index contributed by atoms with van der Waals surface area (Å²) in [6.45, 7) is 6.34. The fourth-order valence-electron chi connectivity index (χ4n) is 1.82. The highest BCUT2D eigenvalue weighted by Crippen LogP contribution is 2.19. The maximum absolute atomic E-state index is 11.1. The van der Waals surface area contributed by atoms with Crippen molar-refractivity contribution in [1.82, 2.24) is 4.98 Å². The number of rotatable bonds is 6. The van der Waals surface area contributed by atoms with Gasteiger partial charge in [0.25, 0.3) is 0 Å². The summed E-state index contributed by atoms with van der Waals surface area (Å²) in [6.07, 6.45) is 3.54. The van der Waals surface area contributed by atoms with E-state index < -0.39 is 5.97 Å². The summed E-state index contributed by atoms with van der Waals surface area (Å²) in [5, 5.41) is 12.2. The minimum absolute atomic E-state index is 0.117. The van der Waals surface area contributed by atoms with Crippen molar-refractivity contribution in [3.05, 3.63) is 17.8 Å². The Bertz CT molecular complexity index is 421. The molecular weight excluding hydrogens is 230 g/mol. The topological polar surface area (TPSA) is 88.2 Å². The van der Waals surface area contributed by atoms with Gasteiger partial charge in [0, 0.05) is 6.04 Å². The van der Waals surface area contributed by atoms with Gasteiger partial charge in [0.1, 0.15) is 11.4 Å². The van der Waals surface area contributed by atoms with Gasteiger partial charge in [-0.25, -0.2) is 9.78 Å². The lowest BCUT2D eigenvalue weighted by atomic mass is 10.0. The van der Waals surface area contributed by atoms with Gasteiger partial charge in [-0.2, -0.15) is 0 Å². The lowest BCUT2D eigenvalue weighted by Crippen LogP contribution is -2.21. The Labute approximate surface area is 107 Å². The number of hydrogen-bond donors (Lipinski definition) is 3. The quantitative estimate of drug-likeness (QED) is 0.723. The molecule has 2 atom stereocenters. The Morgan fingerprint density at radius 1 is 1.56 bits per heavy atom. The Morgan fingerprint density at radius 2 is 2.22 bits per heavy atom. The summed E-state index contributed by atoms with van der Waals surface area (Å²) in [5.74, 6) is -0.0462. The Kier molecular flexibility index (Phi) is 4.95. The molecule has 1 aromatic rings. The molecule has 0 saturated heterocycles. The van der Waals surface area contributed by atoms with Gasteiger partial charge in [-0.15, -0.1) is 0 Å². The predicted octanol–water partition coefficient (Wildman–Crippen LogP) is 2.60. The van der Waals surface area contributed by atoms with Crippen LogP contribution in [-0.4, -0.2) is 22.1 Å². The summed E-state index contributed by atoms with van der Waals surface area (Å²) in [4.78, 5) is 15.2. The fraction of sp³-hybridized carbons (Fsp3) is 0.538. The van der Waals surface area contributed by atoms with E-state index in [0.29, 0.717) is 17.4 Å². The summed E-state index contributed by atoms with van der Waals surface area (Å²) >= 11 is 0. The molecule has 18 heavy (non-hydrogen) atoms. The zero-order valence-electron chi connectivity index (χ0n) is 11.1. The second kappa shape index (κ2) is 6.23. The third-order valence-corrected chi connectivity index (χ3v) is 2.98. The number of pyridine rings is 1. The van der Waals surface area contributed by atoms with Gasteiger partial charge in [-0.1, -0.05) is 20.3 Å². The van der Waals surface area contributed by atoms with Gasteiger partial charge in [0.15, 0.2) is 0 Å². The molecular formula is C13H21N3O2. The van der Waals surface area contributed by atoms with Crippen molar-refractivity contribution in [2.24, 2.45) is 5.92 Å². The van der Waals surface area contributed by atoms with Gasteiger partial charge in [-0.3, -0.25) is 0 Å². The van der Waals surface area contributed by atoms with Crippen molar-refractivity contribution in [2.45, 2.75) is 39.7 Å². The van der Waals surface area contributed by atoms with E-state index in [4.69, 9.17) is 10.8 Å². The highest BCUT2D eigenvalue weighted by atomic mass is 16.4. The number of nitrogens with zero attached hydrogens (tertiary/aromatic N) is 1. The third-order valence-electron chi connectivity index (χ3n) is 2.98. The fourth-order valence-corrected chi connectivity index (χ4v) is 1.82. The van der Waals surface area contributed by atoms with E-state index in [-0.39, 0.29) is 11.6 Å². The van der Waals surface area contributed by atoms with Crippen LogP contribution in [0, 0.1) is 5.92 Å². The van der Waals surface area contributed by atoms with Gasteiger partial charge >= 0.3 is 5.97 Å². The van der Waals surface area contributed by atoms with E-state index in [2.05, 4.69) is 24.1 Å². The largest absolute Gasteiger partial charge is 0.478 e. The van der Waals surface area contributed by atoms with Crippen LogP contribution in [0.2, 0.25) is 0 Å². The highest BCUT2D eigenvalue weighted by Gasteiger charge is 2.15. The zero-order chi connectivity index (χ0) is 13.7. The molecule has 0 saturated carbocycles. The second-order valence-corrected chi connectivity index (χ2v) is 4.76. The molecule has 0 amide bonds. The van der Waals surface area contributed by atoms with Crippen molar-refractivity contribution in [3.63, 3.8) is 0 Å². The van der Waals surface area contributed by atoms with Gasteiger partial charge in [-0.05, 0) is 25.3 Å². The number of aromatic nitrogens is 1. The average molecular weight is 251 g/mol. The average Bonchev–Trinajstić information content (AvgIpc) is 2.30. The molecule has 0 aliphatic heterocycles. The normalized spacial score (nSPS) is 13.9. The molecule has 0 spiro atoms. The Morgan fingerprint density at radius 3 is 2.78 bits per heavy atom. The van der Waals surface area contributed by atoms with Crippen LogP contribution in [0.25, 0.3) is 0 Å². The number of nitrogens with two attached hydrogens (primary N) is 1. The van der Waals surface area contributed by atoms with Crippen LogP contribution < -0.4 is 11.1 Å². The van der Waals surface area contributed by atoms with Crippen LogP contribution in [0.15, 0.2) is 12.3 Å². The number of carboxylic acids is 1. The van der Waals surface area contributed by atoms with Gasteiger partial charge in [0.05, 0.1) is 11.9 Å². The van der Waals surface area contributed by atoms with Crippen LogP contribution >= 0.6 is 0 Å². The molecule has 0 aromatic carbocycles. The molecule has 5 nitrogen and oxygen atoms in total. The Hall–Kier alpha value is -1.78. The van der Waals surface area contributed by atoms with Crippen molar-refractivity contribution in [1.29, 1.82) is 0 Å². The molecule has 0 fully saturated rings. The standard InChI is InChI=1S/C13H21N3O2/c1-4-8(2)5-9(3)16-12-11(13(17)18)6-10(14)7-15-12/h6-9H,4-5,14H2,1-3H3,(H,15,16)(H,17,18). The monoisotopic (exact) mass is 251 g/mol. The minimum Gasteiger partial charge on any atom is -0.478 e. The van der Waals surface area contributed by atoms with E-state index in [9.17, 15) is 4.79 Å². The number of nitrogen functional groups attached to an aromatic ring is 1. The Balaban J connectivity index is 2.80. The van der Waals surface area contributed by atoms with Crippen molar-refractivity contribution >= 4 is 17.5 Å². The number of aromatic carboxylic acids is 1. The van der Waals surface area contributed by atoms with Crippen LogP contribution in [-0.2, 0) is 0 Å². The highest BCUT2D eigenvalue weighted by molar-refractivity contribution is 5.94. The lowest BCUT2D eigenvalue weighted by molar-refractivity contribution is 0.0697. The molecule has 0 radical (unpaired) electrons. The maximum atomic E-state index is 11.1. The molecule has 1 heterocycles. The SMILES string of the molecule is CCC(C)CC(C)Nc1ncc(N)cc1C(=O)O. The molecule has 0 aliphatic rings. The second-order valence-electron chi connectivity index (χ2n) is 4.76. The van der Waals surface area contributed by atoms with Gasteiger partial charge < -0.3 is 16.2 Å². The molecule has 1 rings (SSSR count). The summed E-state index contributed by atoms with van der Waals surface area (Å²) in [7, 11) is 0. The van der Waals surface area contributed by atoms with Gasteiger partial charge in [0.2, 0.25) is 0 Å². The van der Waals surface area contributed by atoms with Crippen LogP contribution in [0.3, 0.4) is 0 Å². The molecule has 2 unspecified atom stereocenters. The zero-order valence-corrected chi connectivity index (χ0v) is 11.1. The lowest BCUT2D eigenvalue weighted by Gasteiger charge is -2.19. The van der Waals surface area contributed by atoms with E-state index >= 15 is 0 Å². The van der Waals surface area contributed by atoms with E-state index in [1.165, 1.54) is 12.3 Å². The van der Waals surface area contributed by atoms with Crippen LogP contribution in [0.1, 0.15) is 44.0 Å². The number of carbonyl (C=O) groups is 1. The van der Waals surface area contributed by atoms with E-state index in [1.807, 2.05) is 6.92 Å². The third kappa shape index (κ3) is 3.91. The number of carboxylic acid groups (broad SMARTS) is 1. The first kappa shape index (κ1) is 14.3. The summed E-state index contributed by atoms with van der Waals surface area (Å²) in [6, 6.07) is 1.60. The minimum atomic E-state index is -1.02. The first-order chi connectivity index (χ1) is 8.43. The van der Waals surface area contributed by atoms with Crippen molar-refractivity contribution in [2.75, 3.05) is 11.1 Å². The van der Waals surface area contributed by atoms with E-state index in [1.54, 1.807) is 0 Å². The molecule has 4 N–H and O–H groups in total.